The molecule has 2 aliphatic rings. The number of benzene rings is 1. The minimum Gasteiger partial charge on any atom is -0.493 e. The molecule has 2 atom stereocenters. The molecule has 4 rings (SSSR count). The van der Waals surface area contributed by atoms with Crippen molar-refractivity contribution in [2.75, 3.05) is 13.2 Å². The number of nitrogens with zero attached hydrogens (tertiary/aromatic N) is 3. The molecule has 1 aromatic heterocycles. The number of aromatic nitrogens is 2. The van der Waals surface area contributed by atoms with Gasteiger partial charge in [0.25, 0.3) is 0 Å². The van der Waals surface area contributed by atoms with Gasteiger partial charge < -0.3 is 14.2 Å². The van der Waals surface area contributed by atoms with Gasteiger partial charge in [-0.3, -0.25) is 4.79 Å². The van der Waals surface area contributed by atoms with Crippen LogP contribution < -0.4 is 4.74 Å². The molecule has 6 nitrogen and oxygen atoms in total. The zero-order valence-corrected chi connectivity index (χ0v) is 14.5. The molecule has 1 fully saturated rings. The van der Waals surface area contributed by atoms with Crippen molar-refractivity contribution < 1.29 is 14.1 Å². The van der Waals surface area contributed by atoms with Gasteiger partial charge in [0.15, 0.2) is 5.82 Å². The van der Waals surface area contributed by atoms with E-state index in [1.165, 1.54) is 0 Å². The third-order valence-corrected chi connectivity index (χ3v) is 5.16. The average Bonchev–Trinajstić information content (AvgIpc) is 3.31. The highest BCUT2D eigenvalue weighted by atomic mass is 16.5. The first-order chi connectivity index (χ1) is 12.3. The van der Waals surface area contributed by atoms with Gasteiger partial charge in [0.05, 0.1) is 12.6 Å². The summed E-state index contributed by atoms with van der Waals surface area (Å²) in [4.78, 5) is 19.3. The van der Waals surface area contributed by atoms with Crippen LogP contribution in [0.15, 0.2) is 28.8 Å². The highest BCUT2D eigenvalue weighted by molar-refractivity contribution is 5.78. The molecule has 2 aromatic rings. The van der Waals surface area contributed by atoms with Gasteiger partial charge in [-0.15, -0.1) is 0 Å². The van der Waals surface area contributed by atoms with E-state index in [2.05, 4.69) is 16.2 Å². The predicted octanol–water partition coefficient (Wildman–Crippen LogP) is 3.25. The smallest absolute Gasteiger partial charge is 0.226 e. The lowest BCUT2D eigenvalue weighted by molar-refractivity contribution is -0.132. The van der Waals surface area contributed by atoms with E-state index in [0.29, 0.717) is 31.2 Å². The van der Waals surface area contributed by atoms with Crippen molar-refractivity contribution in [1.82, 2.24) is 15.0 Å². The second-order valence-electron chi connectivity index (χ2n) is 6.72. The van der Waals surface area contributed by atoms with Crippen molar-refractivity contribution >= 4 is 5.91 Å². The van der Waals surface area contributed by atoms with Crippen LogP contribution in [0.25, 0.3) is 0 Å². The number of aryl methyl sites for hydroxylation is 1. The van der Waals surface area contributed by atoms with Crippen LogP contribution in [0.1, 0.15) is 61.8 Å². The number of likely N-dealkylation sites (tertiary alicyclic amines) is 1. The maximum Gasteiger partial charge on any atom is 0.226 e. The summed E-state index contributed by atoms with van der Waals surface area (Å²) in [6.45, 7) is 3.42. The summed E-state index contributed by atoms with van der Waals surface area (Å²) < 4.78 is 10.9. The van der Waals surface area contributed by atoms with Crippen molar-refractivity contribution in [1.29, 1.82) is 0 Å². The molecule has 0 spiro atoms. The average molecular weight is 341 g/mol. The number of ether oxygens (including phenoxy) is 1. The predicted molar refractivity (Wildman–Crippen MR) is 91.3 cm³/mol. The number of carbonyl (C=O) groups is 1. The van der Waals surface area contributed by atoms with Gasteiger partial charge in [-0.05, 0) is 36.8 Å². The monoisotopic (exact) mass is 341 g/mol. The molecule has 1 saturated heterocycles. The van der Waals surface area contributed by atoms with E-state index in [0.717, 1.165) is 37.1 Å². The summed E-state index contributed by atoms with van der Waals surface area (Å²) in [5.41, 5.74) is 1.14. The number of amides is 1. The second kappa shape index (κ2) is 6.86. The lowest BCUT2D eigenvalue weighted by atomic mass is 9.90. The van der Waals surface area contributed by atoms with Crippen molar-refractivity contribution in [3.05, 3.63) is 41.5 Å². The number of rotatable bonds is 4. The minimum atomic E-state index is -0.0494. The number of para-hydroxylation sites is 1. The normalized spacial score (nSPS) is 22.5. The van der Waals surface area contributed by atoms with E-state index in [1.54, 1.807) is 0 Å². The molecule has 1 amide bonds. The Hall–Kier alpha value is -2.37. The van der Waals surface area contributed by atoms with Gasteiger partial charge in [0.2, 0.25) is 11.8 Å². The number of hydrogen-bond donors (Lipinski definition) is 0. The van der Waals surface area contributed by atoms with E-state index < -0.39 is 0 Å². The molecule has 6 heteroatoms. The van der Waals surface area contributed by atoms with Crippen molar-refractivity contribution in [2.24, 2.45) is 0 Å². The maximum atomic E-state index is 13.0. The lowest BCUT2D eigenvalue weighted by Crippen LogP contribution is -2.32. The first-order valence-corrected chi connectivity index (χ1v) is 9.10. The topological polar surface area (TPSA) is 68.5 Å². The minimum absolute atomic E-state index is 0.0494. The molecule has 0 unspecified atom stereocenters. The van der Waals surface area contributed by atoms with Gasteiger partial charge in [0.1, 0.15) is 5.75 Å². The first-order valence-electron chi connectivity index (χ1n) is 9.10. The van der Waals surface area contributed by atoms with Crippen LogP contribution >= 0.6 is 0 Å². The lowest BCUT2D eigenvalue weighted by Gasteiger charge is -2.28. The Morgan fingerprint density at radius 1 is 1.32 bits per heavy atom. The first kappa shape index (κ1) is 16.1. The quantitative estimate of drug-likeness (QED) is 0.854. The Kier molecular flexibility index (Phi) is 4.42. The van der Waals surface area contributed by atoms with E-state index in [9.17, 15) is 4.79 Å². The molecule has 1 aromatic carbocycles. The second-order valence-corrected chi connectivity index (χ2v) is 6.72. The third-order valence-electron chi connectivity index (χ3n) is 5.16. The fourth-order valence-corrected chi connectivity index (χ4v) is 3.84. The highest BCUT2D eigenvalue weighted by Crippen LogP contribution is 2.38. The number of carbonyl (C=O) groups excluding carboxylic acids is 1. The number of fused-ring (bicyclic) bond motifs is 1. The standard InChI is InChI=1S/C19H23N3O3/c1-2-17-20-19(21-25-17)15-7-5-10-22(15)18(23)12-13-9-11-24-16-8-4-3-6-14(13)16/h3-4,6,8,13,15H,2,5,7,9-12H2,1H3/t13-,15+/m1/s1. The van der Waals surface area contributed by atoms with Gasteiger partial charge in [-0.2, -0.15) is 4.98 Å². The van der Waals surface area contributed by atoms with Crippen molar-refractivity contribution in [2.45, 2.75) is 51.0 Å². The molecule has 25 heavy (non-hydrogen) atoms. The Morgan fingerprint density at radius 2 is 2.20 bits per heavy atom. The van der Waals surface area contributed by atoms with Gasteiger partial charge in [-0.1, -0.05) is 30.3 Å². The van der Waals surface area contributed by atoms with E-state index in [-0.39, 0.29) is 17.9 Å². The zero-order valence-electron chi connectivity index (χ0n) is 14.5. The molecular weight excluding hydrogens is 318 g/mol. The molecule has 0 bridgehead atoms. The van der Waals surface area contributed by atoms with Crippen molar-refractivity contribution in [3.63, 3.8) is 0 Å². The third kappa shape index (κ3) is 3.13. The molecule has 0 saturated carbocycles. The Bertz CT molecular complexity index is 758. The van der Waals surface area contributed by atoms with Gasteiger partial charge in [-0.25, -0.2) is 0 Å². The summed E-state index contributed by atoms with van der Waals surface area (Å²) in [6, 6.07) is 7.99. The zero-order chi connectivity index (χ0) is 17.2. The van der Waals surface area contributed by atoms with Crippen molar-refractivity contribution in [3.8, 4) is 5.75 Å². The molecular formula is C19H23N3O3. The van der Waals surface area contributed by atoms with E-state index in [1.807, 2.05) is 30.0 Å². The van der Waals surface area contributed by atoms with Gasteiger partial charge >= 0.3 is 0 Å². The largest absolute Gasteiger partial charge is 0.493 e. The van der Waals surface area contributed by atoms with Crippen LogP contribution in [0.2, 0.25) is 0 Å². The van der Waals surface area contributed by atoms with Crippen LogP contribution in [0.4, 0.5) is 0 Å². The Balaban J connectivity index is 1.49. The van der Waals surface area contributed by atoms with Crippen LogP contribution in [0, 0.1) is 0 Å². The van der Waals surface area contributed by atoms with E-state index >= 15 is 0 Å². The molecule has 3 heterocycles. The fourth-order valence-electron chi connectivity index (χ4n) is 3.84. The molecule has 2 aliphatic heterocycles. The van der Waals surface area contributed by atoms with Crippen LogP contribution in [0.5, 0.6) is 5.75 Å². The molecule has 0 radical (unpaired) electrons. The van der Waals surface area contributed by atoms with Crippen LogP contribution in [0.3, 0.4) is 0 Å². The van der Waals surface area contributed by atoms with Gasteiger partial charge in [0, 0.05) is 19.4 Å². The van der Waals surface area contributed by atoms with Crippen LogP contribution in [-0.4, -0.2) is 34.1 Å². The summed E-state index contributed by atoms with van der Waals surface area (Å²) in [7, 11) is 0. The number of hydrogen-bond acceptors (Lipinski definition) is 5. The molecule has 0 aliphatic carbocycles. The summed E-state index contributed by atoms with van der Waals surface area (Å²) in [6.07, 6.45) is 3.99. The maximum absolute atomic E-state index is 13.0. The summed E-state index contributed by atoms with van der Waals surface area (Å²) >= 11 is 0. The van der Waals surface area contributed by atoms with E-state index in [4.69, 9.17) is 9.26 Å². The highest BCUT2D eigenvalue weighted by Gasteiger charge is 2.35. The Morgan fingerprint density at radius 3 is 3.04 bits per heavy atom. The Labute approximate surface area is 147 Å². The fraction of sp³-hybridized carbons (Fsp3) is 0.526. The molecule has 0 N–H and O–H groups in total. The summed E-state index contributed by atoms with van der Waals surface area (Å²) in [5.74, 6) is 2.58. The molecule has 132 valence electrons. The SMILES string of the molecule is CCc1nc([C@@H]2CCCN2C(=O)C[C@H]2CCOc3ccccc32)no1. The van der Waals surface area contributed by atoms with Crippen LogP contribution in [-0.2, 0) is 11.2 Å². The summed E-state index contributed by atoms with van der Waals surface area (Å²) in [5, 5.41) is 4.08.